The Labute approximate surface area is 123 Å². The third-order valence-corrected chi connectivity index (χ3v) is 3.39. The number of amides is 1. The number of benzene rings is 1. The lowest BCUT2D eigenvalue weighted by atomic mass is 10.1. The van der Waals surface area contributed by atoms with Crippen LogP contribution in [0.1, 0.15) is 21.5 Å². The zero-order chi connectivity index (χ0) is 14.0. The molecule has 0 fully saturated rings. The Hall–Kier alpha value is -1.73. The van der Waals surface area contributed by atoms with Crippen molar-refractivity contribution in [2.24, 2.45) is 5.73 Å². The minimum Gasteiger partial charge on any atom is -0.389 e. The van der Waals surface area contributed by atoms with Gasteiger partial charge in [0.05, 0.1) is 17.3 Å². The second-order valence-electron chi connectivity index (χ2n) is 3.96. The van der Waals surface area contributed by atoms with Gasteiger partial charge < -0.3 is 11.1 Å². The summed E-state index contributed by atoms with van der Waals surface area (Å²) in [6.07, 6.45) is 1.47. The number of aryl methyl sites for hydroxylation is 1. The van der Waals surface area contributed by atoms with Gasteiger partial charge in [-0.25, -0.2) is 0 Å². The number of nitrogens with zero attached hydrogens (tertiary/aromatic N) is 1. The fraction of sp³-hybridized carbons (Fsp3) is 0.0833. The number of aromatic amines is 1. The number of aromatic nitrogens is 2. The number of carbonyl (C=O) groups excluding carboxylic acids is 1. The third kappa shape index (κ3) is 2.99. The molecule has 0 atom stereocenters. The summed E-state index contributed by atoms with van der Waals surface area (Å²) in [4.78, 5) is 12.3. The van der Waals surface area contributed by atoms with Crippen LogP contribution in [-0.4, -0.2) is 21.1 Å². The molecule has 0 spiro atoms. The minimum atomic E-state index is -0.270. The van der Waals surface area contributed by atoms with Crippen molar-refractivity contribution in [1.29, 1.82) is 0 Å². The Morgan fingerprint density at radius 3 is 2.84 bits per heavy atom. The summed E-state index contributed by atoms with van der Waals surface area (Å²) in [5.41, 5.74) is 7.63. The van der Waals surface area contributed by atoms with Gasteiger partial charge in [-0.05, 0) is 40.5 Å². The van der Waals surface area contributed by atoms with Gasteiger partial charge >= 0.3 is 0 Å². The number of nitrogens with two attached hydrogens (primary N) is 1. The number of hydrogen-bond donors (Lipinski definition) is 3. The Morgan fingerprint density at radius 2 is 2.21 bits per heavy atom. The summed E-state index contributed by atoms with van der Waals surface area (Å²) in [6.45, 7) is 1.95. The number of nitrogens with one attached hydrogen (secondary N) is 2. The maximum atomic E-state index is 12.1. The maximum Gasteiger partial charge on any atom is 0.257 e. The molecule has 2 aromatic rings. The van der Waals surface area contributed by atoms with Gasteiger partial charge in [0, 0.05) is 4.47 Å². The Kier molecular flexibility index (Phi) is 3.96. The lowest BCUT2D eigenvalue weighted by molar-refractivity contribution is 0.102. The second-order valence-corrected chi connectivity index (χ2v) is 5.25. The Morgan fingerprint density at radius 1 is 1.47 bits per heavy atom. The van der Waals surface area contributed by atoms with Gasteiger partial charge in [-0.3, -0.25) is 9.89 Å². The van der Waals surface area contributed by atoms with Crippen molar-refractivity contribution in [2.45, 2.75) is 6.92 Å². The standard InChI is InChI=1S/C12H11BrN4OS/c1-6-2-3-7(9(13)4-6)12(18)16-11-8(10(14)19)5-15-17-11/h2-5H,1H3,(H2,14,19)(H2,15,16,17,18). The van der Waals surface area contributed by atoms with Gasteiger partial charge in [0.15, 0.2) is 0 Å². The van der Waals surface area contributed by atoms with Crippen LogP contribution in [0.4, 0.5) is 5.82 Å². The van der Waals surface area contributed by atoms with Crippen molar-refractivity contribution in [3.63, 3.8) is 0 Å². The first-order valence-corrected chi connectivity index (χ1v) is 6.60. The molecule has 0 unspecified atom stereocenters. The van der Waals surface area contributed by atoms with Crippen LogP contribution in [-0.2, 0) is 0 Å². The first-order chi connectivity index (χ1) is 8.99. The van der Waals surface area contributed by atoms with Crippen molar-refractivity contribution >= 4 is 44.9 Å². The van der Waals surface area contributed by atoms with Gasteiger partial charge in [0.2, 0.25) is 0 Å². The first-order valence-electron chi connectivity index (χ1n) is 5.39. The summed E-state index contributed by atoms with van der Waals surface area (Å²) in [7, 11) is 0. The van der Waals surface area contributed by atoms with Crippen LogP contribution in [0.3, 0.4) is 0 Å². The summed E-state index contributed by atoms with van der Waals surface area (Å²) in [6, 6.07) is 5.48. The number of carbonyl (C=O) groups is 1. The smallest absolute Gasteiger partial charge is 0.257 e. The molecule has 0 aliphatic rings. The topological polar surface area (TPSA) is 83.8 Å². The Balaban J connectivity index is 2.26. The zero-order valence-electron chi connectivity index (χ0n) is 10.0. The molecule has 4 N–H and O–H groups in total. The van der Waals surface area contributed by atoms with Gasteiger partial charge in [0.25, 0.3) is 5.91 Å². The molecule has 0 saturated carbocycles. The van der Waals surface area contributed by atoms with E-state index >= 15 is 0 Å². The highest BCUT2D eigenvalue weighted by atomic mass is 79.9. The average Bonchev–Trinajstić information content (AvgIpc) is 2.76. The van der Waals surface area contributed by atoms with E-state index in [9.17, 15) is 4.79 Å². The summed E-state index contributed by atoms with van der Waals surface area (Å²) in [5, 5.41) is 9.16. The minimum absolute atomic E-state index is 0.173. The van der Waals surface area contributed by atoms with E-state index in [0.29, 0.717) is 16.9 Å². The molecule has 1 aromatic carbocycles. The number of H-pyrrole nitrogens is 1. The monoisotopic (exact) mass is 338 g/mol. The predicted octanol–water partition coefficient (Wildman–Crippen LogP) is 2.37. The van der Waals surface area contributed by atoms with Crippen molar-refractivity contribution < 1.29 is 4.79 Å². The van der Waals surface area contributed by atoms with E-state index in [0.717, 1.165) is 10.0 Å². The van der Waals surface area contributed by atoms with Crippen LogP contribution < -0.4 is 11.1 Å². The van der Waals surface area contributed by atoms with Gasteiger partial charge in [-0.1, -0.05) is 18.3 Å². The normalized spacial score (nSPS) is 10.2. The third-order valence-electron chi connectivity index (χ3n) is 2.51. The van der Waals surface area contributed by atoms with E-state index in [-0.39, 0.29) is 10.9 Å². The SMILES string of the molecule is Cc1ccc(C(=O)Nc2[nH]ncc2C(N)=S)c(Br)c1. The average molecular weight is 339 g/mol. The maximum absolute atomic E-state index is 12.1. The van der Waals surface area contributed by atoms with Crippen molar-refractivity contribution in [1.82, 2.24) is 10.2 Å². The summed E-state index contributed by atoms with van der Waals surface area (Å²) >= 11 is 8.24. The highest BCUT2D eigenvalue weighted by molar-refractivity contribution is 9.10. The lowest BCUT2D eigenvalue weighted by Gasteiger charge is -2.07. The molecule has 1 heterocycles. The van der Waals surface area contributed by atoms with E-state index in [1.807, 2.05) is 19.1 Å². The molecule has 0 aliphatic heterocycles. The molecule has 2 rings (SSSR count). The van der Waals surface area contributed by atoms with E-state index in [1.165, 1.54) is 6.20 Å². The number of rotatable bonds is 3. The van der Waals surface area contributed by atoms with Gasteiger partial charge in [0.1, 0.15) is 10.8 Å². The number of halogens is 1. The van der Waals surface area contributed by atoms with Crippen LogP contribution in [0.15, 0.2) is 28.9 Å². The van der Waals surface area contributed by atoms with E-state index in [1.54, 1.807) is 6.07 Å². The van der Waals surface area contributed by atoms with Crippen LogP contribution in [0, 0.1) is 6.92 Å². The lowest BCUT2D eigenvalue weighted by Crippen LogP contribution is -2.17. The molecule has 19 heavy (non-hydrogen) atoms. The van der Waals surface area contributed by atoms with Crippen LogP contribution in [0.2, 0.25) is 0 Å². The number of hydrogen-bond acceptors (Lipinski definition) is 3. The van der Waals surface area contributed by atoms with E-state index in [2.05, 4.69) is 31.4 Å². The summed E-state index contributed by atoms with van der Waals surface area (Å²) in [5.74, 6) is 0.124. The predicted molar refractivity (Wildman–Crippen MR) is 81.3 cm³/mol. The van der Waals surface area contributed by atoms with E-state index in [4.69, 9.17) is 18.0 Å². The molecule has 0 saturated heterocycles. The van der Waals surface area contributed by atoms with Crippen LogP contribution in [0.5, 0.6) is 0 Å². The molecule has 0 bridgehead atoms. The Bertz CT molecular complexity index is 653. The molecule has 7 heteroatoms. The fourth-order valence-corrected chi connectivity index (χ4v) is 2.38. The van der Waals surface area contributed by atoms with E-state index < -0.39 is 0 Å². The van der Waals surface area contributed by atoms with Crippen LogP contribution >= 0.6 is 28.1 Å². The number of anilines is 1. The van der Waals surface area contributed by atoms with Crippen molar-refractivity contribution in [3.8, 4) is 0 Å². The van der Waals surface area contributed by atoms with Crippen molar-refractivity contribution in [3.05, 3.63) is 45.6 Å². The van der Waals surface area contributed by atoms with Gasteiger partial charge in [-0.15, -0.1) is 0 Å². The molecule has 1 aromatic heterocycles. The highest BCUT2D eigenvalue weighted by Crippen LogP contribution is 2.20. The molecular formula is C12H11BrN4OS. The quantitative estimate of drug-likeness (QED) is 0.750. The largest absolute Gasteiger partial charge is 0.389 e. The molecular weight excluding hydrogens is 328 g/mol. The zero-order valence-corrected chi connectivity index (χ0v) is 12.4. The second kappa shape index (κ2) is 5.50. The molecule has 98 valence electrons. The van der Waals surface area contributed by atoms with Gasteiger partial charge in [-0.2, -0.15) is 5.10 Å². The van der Waals surface area contributed by atoms with Crippen LogP contribution in [0.25, 0.3) is 0 Å². The molecule has 5 nitrogen and oxygen atoms in total. The summed E-state index contributed by atoms with van der Waals surface area (Å²) < 4.78 is 0.724. The highest BCUT2D eigenvalue weighted by Gasteiger charge is 2.14. The first kappa shape index (κ1) is 13.7. The molecule has 0 radical (unpaired) electrons. The molecule has 1 amide bonds. The van der Waals surface area contributed by atoms with Crippen molar-refractivity contribution in [2.75, 3.05) is 5.32 Å². The fourth-order valence-electron chi connectivity index (χ4n) is 1.55. The molecule has 0 aliphatic carbocycles. The number of thiocarbonyl (C=S) groups is 1.